The molecule has 4 nitrogen and oxygen atoms in total. The molecule has 0 bridgehead atoms. The van der Waals surface area contributed by atoms with Crippen LogP contribution in [0.25, 0.3) is 10.8 Å². The summed E-state index contributed by atoms with van der Waals surface area (Å²) in [6, 6.07) is 8.03. The first-order valence-electron chi connectivity index (χ1n) is 8.25. The van der Waals surface area contributed by atoms with Crippen LogP contribution in [0.1, 0.15) is 39.2 Å². The number of hydrogen-bond donors (Lipinski definition) is 2. The predicted molar refractivity (Wildman–Crippen MR) is 97.5 cm³/mol. The molecule has 128 valence electrons. The van der Waals surface area contributed by atoms with Gasteiger partial charge in [0.05, 0.1) is 5.92 Å². The minimum atomic E-state index is -0.823. The number of rotatable bonds is 7. The maximum Gasteiger partial charge on any atom is 0.312 e. The Morgan fingerprint density at radius 1 is 1.33 bits per heavy atom. The molecule has 0 aliphatic heterocycles. The van der Waals surface area contributed by atoms with Crippen molar-refractivity contribution in [2.45, 2.75) is 40.2 Å². The highest BCUT2D eigenvalue weighted by atomic mass is 16.4. The van der Waals surface area contributed by atoms with Crippen molar-refractivity contribution in [3.8, 4) is 0 Å². The van der Waals surface area contributed by atoms with E-state index < -0.39 is 11.9 Å². The third-order valence-electron chi connectivity index (χ3n) is 4.18. The molecule has 2 N–H and O–H groups in total. The number of carboxylic acids is 1. The Hall–Kier alpha value is -2.36. The molecule has 0 spiro atoms. The van der Waals surface area contributed by atoms with Gasteiger partial charge in [-0.3, -0.25) is 9.78 Å². The van der Waals surface area contributed by atoms with Crippen LogP contribution < -0.4 is 5.32 Å². The fourth-order valence-electron chi connectivity index (χ4n) is 2.69. The van der Waals surface area contributed by atoms with E-state index in [1.807, 2.05) is 30.5 Å². The van der Waals surface area contributed by atoms with E-state index in [1.165, 1.54) is 0 Å². The van der Waals surface area contributed by atoms with Gasteiger partial charge in [0.1, 0.15) is 0 Å². The molecule has 0 amide bonds. The second-order valence-corrected chi connectivity index (χ2v) is 7.38. The summed E-state index contributed by atoms with van der Waals surface area (Å²) in [7, 11) is 0. The highest BCUT2D eigenvalue weighted by Crippen LogP contribution is 2.26. The molecule has 0 saturated heterocycles. The third-order valence-corrected chi connectivity index (χ3v) is 4.18. The van der Waals surface area contributed by atoms with Gasteiger partial charge in [-0.2, -0.15) is 0 Å². The van der Waals surface area contributed by atoms with E-state index in [-0.39, 0.29) is 5.41 Å². The first kappa shape index (κ1) is 18.0. The number of pyridine rings is 1. The van der Waals surface area contributed by atoms with Gasteiger partial charge in [0.15, 0.2) is 0 Å². The minimum Gasteiger partial charge on any atom is -0.481 e. The zero-order valence-corrected chi connectivity index (χ0v) is 14.7. The Bertz CT molecular complexity index is 726. The molecule has 4 heteroatoms. The van der Waals surface area contributed by atoms with E-state index in [0.717, 1.165) is 22.8 Å². The van der Waals surface area contributed by atoms with Gasteiger partial charge in [-0.25, -0.2) is 0 Å². The topological polar surface area (TPSA) is 62.2 Å². The minimum absolute atomic E-state index is 0.106. The lowest BCUT2D eigenvalue weighted by Crippen LogP contribution is -2.26. The first-order valence-corrected chi connectivity index (χ1v) is 8.25. The van der Waals surface area contributed by atoms with Crippen molar-refractivity contribution in [2.75, 3.05) is 0 Å². The summed E-state index contributed by atoms with van der Waals surface area (Å²) in [6.07, 6.45) is 5.03. The van der Waals surface area contributed by atoms with Crippen molar-refractivity contribution in [3.63, 3.8) is 0 Å². The Balaban J connectivity index is 2.05. The van der Waals surface area contributed by atoms with Crippen LogP contribution in [-0.2, 0) is 11.3 Å². The first-order chi connectivity index (χ1) is 11.3. The zero-order chi connectivity index (χ0) is 17.7. The summed E-state index contributed by atoms with van der Waals surface area (Å²) in [6.45, 7) is 10.9. The summed E-state index contributed by atoms with van der Waals surface area (Å²) in [5.41, 5.74) is 1.75. The van der Waals surface area contributed by atoms with Crippen molar-refractivity contribution in [2.24, 2.45) is 11.3 Å². The van der Waals surface area contributed by atoms with Crippen LogP contribution in [0.5, 0.6) is 0 Å². The monoisotopic (exact) mass is 326 g/mol. The number of carbonyl (C=O) groups is 1. The number of nitrogens with one attached hydrogen (secondary N) is 1. The number of carboxylic acid groups (broad SMARTS) is 1. The van der Waals surface area contributed by atoms with Crippen molar-refractivity contribution in [1.82, 2.24) is 10.3 Å². The smallest absolute Gasteiger partial charge is 0.312 e. The van der Waals surface area contributed by atoms with Crippen LogP contribution in [0.3, 0.4) is 0 Å². The van der Waals surface area contributed by atoms with Gasteiger partial charge in [-0.1, -0.05) is 45.5 Å². The molecule has 1 atom stereocenters. The average molecular weight is 326 g/mol. The van der Waals surface area contributed by atoms with Gasteiger partial charge >= 0.3 is 5.97 Å². The van der Waals surface area contributed by atoms with Gasteiger partial charge in [0, 0.05) is 30.0 Å². The van der Waals surface area contributed by atoms with Crippen LogP contribution in [-0.4, -0.2) is 16.1 Å². The van der Waals surface area contributed by atoms with Gasteiger partial charge in [-0.05, 0) is 35.3 Å². The average Bonchev–Trinajstić information content (AvgIpc) is 2.51. The van der Waals surface area contributed by atoms with Crippen LogP contribution >= 0.6 is 0 Å². The molecule has 0 radical (unpaired) electrons. The molecule has 0 saturated carbocycles. The summed E-state index contributed by atoms with van der Waals surface area (Å²) in [5, 5.41) is 14.9. The Kier molecular flexibility index (Phi) is 5.60. The van der Waals surface area contributed by atoms with E-state index in [1.54, 1.807) is 6.20 Å². The van der Waals surface area contributed by atoms with Gasteiger partial charge in [-0.15, -0.1) is 0 Å². The second-order valence-electron chi connectivity index (χ2n) is 7.38. The van der Waals surface area contributed by atoms with E-state index in [2.05, 4.69) is 37.7 Å². The molecular formula is C20H26N2O2. The molecule has 2 aromatic rings. The van der Waals surface area contributed by atoms with Gasteiger partial charge in [0.25, 0.3) is 0 Å². The van der Waals surface area contributed by atoms with Crippen LogP contribution in [0.4, 0.5) is 0 Å². The van der Waals surface area contributed by atoms with Crippen molar-refractivity contribution in [1.29, 1.82) is 0 Å². The van der Waals surface area contributed by atoms with Crippen LogP contribution in [0.2, 0.25) is 0 Å². The van der Waals surface area contributed by atoms with E-state index >= 15 is 0 Å². The van der Waals surface area contributed by atoms with E-state index in [4.69, 9.17) is 0 Å². The summed E-state index contributed by atoms with van der Waals surface area (Å²) < 4.78 is 0. The normalized spacial score (nSPS) is 12.8. The zero-order valence-electron chi connectivity index (χ0n) is 14.7. The van der Waals surface area contributed by atoms with Crippen molar-refractivity contribution in [3.05, 3.63) is 54.5 Å². The van der Waals surface area contributed by atoms with Crippen molar-refractivity contribution >= 4 is 16.7 Å². The molecule has 1 aromatic heterocycles. The lowest BCUT2D eigenvalue weighted by Gasteiger charge is -2.23. The van der Waals surface area contributed by atoms with Gasteiger partial charge in [0.2, 0.25) is 0 Å². The molecular weight excluding hydrogens is 300 g/mol. The molecule has 2 rings (SSSR count). The number of hydrogen-bond acceptors (Lipinski definition) is 3. The highest BCUT2D eigenvalue weighted by molar-refractivity contribution is 5.84. The maximum atomic E-state index is 11.6. The second kappa shape index (κ2) is 7.47. The molecule has 0 aliphatic rings. The quantitative estimate of drug-likeness (QED) is 0.793. The fraction of sp³-hybridized carbons (Fsp3) is 0.400. The Morgan fingerprint density at radius 3 is 2.75 bits per heavy atom. The van der Waals surface area contributed by atoms with Crippen LogP contribution in [0, 0.1) is 11.3 Å². The SMILES string of the molecule is C=C(NCc1cccc2ccncc12)[C@@H](CCC(C)(C)C)C(=O)O. The lowest BCUT2D eigenvalue weighted by atomic mass is 9.86. The van der Waals surface area contributed by atoms with Gasteiger partial charge < -0.3 is 10.4 Å². The van der Waals surface area contributed by atoms with Crippen LogP contribution in [0.15, 0.2) is 48.9 Å². The lowest BCUT2D eigenvalue weighted by molar-refractivity contribution is -0.140. The molecule has 24 heavy (non-hydrogen) atoms. The van der Waals surface area contributed by atoms with E-state index in [9.17, 15) is 9.90 Å². The molecule has 1 aromatic carbocycles. The van der Waals surface area contributed by atoms with E-state index in [0.29, 0.717) is 18.7 Å². The highest BCUT2D eigenvalue weighted by Gasteiger charge is 2.23. The summed E-state index contributed by atoms with van der Waals surface area (Å²) in [4.78, 5) is 15.7. The molecule has 1 heterocycles. The molecule has 0 aliphatic carbocycles. The largest absolute Gasteiger partial charge is 0.481 e. The molecule has 0 fully saturated rings. The predicted octanol–water partition coefficient (Wildman–Crippen LogP) is 4.37. The summed E-state index contributed by atoms with van der Waals surface area (Å²) >= 11 is 0. The maximum absolute atomic E-state index is 11.6. The third kappa shape index (κ3) is 4.82. The Labute approximate surface area is 143 Å². The number of fused-ring (bicyclic) bond motifs is 1. The number of aromatic nitrogens is 1. The number of aliphatic carboxylic acids is 1. The van der Waals surface area contributed by atoms with Crippen molar-refractivity contribution < 1.29 is 9.90 Å². The number of benzene rings is 1. The summed E-state index contributed by atoms with van der Waals surface area (Å²) in [5.74, 6) is -1.39. The standard InChI is InChI=1S/C20H26N2O2/c1-14(17(19(23)24)8-10-20(2,3)4)22-12-16-7-5-6-15-9-11-21-13-18(15)16/h5-7,9,11,13,17,22H,1,8,10,12H2,2-4H3,(H,23,24)/t17-/m1/s1. The fourth-order valence-corrected chi connectivity index (χ4v) is 2.69. The molecule has 0 unspecified atom stereocenters. The number of nitrogens with zero attached hydrogens (tertiary/aromatic N) is 1. The Morgan fingerprint density at radius 2 is 2.08 bits per heavy atom.